The second kappa shape index (κ2) is 38.3. The van der Waals surface area contributed by atoms with Gasteiger partial charge in [-0.15, -0.1) is 0 Å². The van der Waals surface area contributed by atoms with Crippen LogP contribution in [0.15, 0.2) is 12.2 Å². The molecule has 7 nitrogen and oxygen atoms in total. The molecule has 1 amide bonds. The molecule has 0 aromatic rings. The normalized spacial score (nSPS) is 13.9. The third kappa shape index (κ3) is 37.4. The summed E-state index contributed by atoms with van der Waals surface area (Å²) in [5, 5.41) is 23.4. The highest BCUT2D eigenvalue weighted by molar-refractivity contribution is 7.85. The Morgan fingerprint density at radius 1 is 0.519 bits per heavy atom. The minimum Gasteiger partial charge on any atom is -0.387 e. The average Bonchev–Trinajstić information content (AvgIpc) is 3.11. The van der Waals surface area contributed by atoms with Crippen molar-refractivity contribution in [2.24, 2.45) is 0 Å². The van der Waals surface area contributed by atoms with E-state index >= 15 is 0 Å². The summed E-state index contributed by atoms with van der Waals surface area (Å²) in [6, 6.07) is -1.23. The maximum atomic E-state index is 12.6. The van der Waals surface area contributed by atoms with E-state index in [1.54, 1.807) is 6.08 Å². The molecule has 8 heteroatoms. The Labute approximate surface area is 323 Å². The summed E-state index contributed by atoms with van der Waals surface area (Å²) in [6.45, 7) is 4.52. The van der Waals surface area contributed by atoms with Gasteiger partial charge < -0.3 is 15.5 Å². The minimum atomic E-state index is -4.44. The highest BCUT2D eigenvalue weighted by Gasteiger charge is 2.27. The zero-order valence-electron chi connectivity index (χ0n) is 34.3. The van der Waals surface area contributed by atoms with E-state index in [4.69, 9.17) is 0 Å². The second-order valence-electron chi connectivity index (χ2n) is 15.8. The molecule has 310 valence electrons. The molecule has 0 saturated carbocycles. The fourth-order valence-corrected chi connectivity index (χ4v) is 7.84. The zero-order chi connectivity index (χ0) is 38.4. The molecule has 0 rings (SSSR count). The van der Waals surface area contributed by atoms with Gasteiger partial charge in [-0.2, -0.15) is 8.42 Å². The number of aliphatic hydroxyl groups excluding tert-OH is 2. The van der Waals surface area contributed by atoms with Crippen LogP contribution in [0.3, 0.4) is 0 Å². The van der Waals surface area contributed by atoms with Crippen molar-refractivity contribution in [3.05, 3.63) is 12.2 Å². The van der Waals surface area contributed by atoms with Gasteiger partial charge in [0.15, 0.2) is 0 Å². The summed E-state index contributed by atoms with van der Waals surface area (Å²) in [5.74, 6) is -1.52. The molecule has 0 aliphatic carbocycles. The van der Waals surface area contributed by atoms with Crippen molar-refractivity contribution >= 4 is 16.0 Å². The molecule has 0 saturated heterocycles. The zero-order valence-corrected chi connectivity index (χ0v) is 35.1. The van der Waals surface area contributed by atoms with E-state index in [1.165, 1.54) is 179 Å². The van der Waals surface area contributed by atoms with E-state index in [2.05, 4.69) is 19.2 Å². The lowest BCUT2D eigenvalue weighted by Crippen LogP contribution is -2.50. The van der Waals surface area contributed by atoms with Crippen LogP contribution >= 0.6 is 0 Å². The first kappa shape index (κ1) is 51.0. The van der Waals surface area contributed by atoms with E-state index in [9.17, 15) is 28.0 Å². The quantitative estimate of drug-likeness (QED) is 0.0280. The third-order valence-electron chi connectivity index (χ3n) is 10.6. The Kier molecular flexibility index (Phi) is 37.6. The molecule has 0 aromatic heterocycles. The number of hydrogen-bond acceptors (Lipinski definition) is 5. The Hall–Kier alpha value is -0.960. The van der Waals surface area contributed by atoms with Crippen LogP contribution in [-0.4, -0.2) is 53.1 Å². The van der Waals surface area contributed by atoms with E-state index < -0.39 is 40.0 Å². The first-order valence-corrected chi connectivity index (χ1v) is 24.1. The van der Waals surface area contributed by atoms with Gasteiger partial charge in [-0.25, -0.2) is 0 Å². The molecular formula is C44H87NO6S. The molecule has 3 atom stereocenters. The highest BCUT2D eigenvalue weighted by Crippen LogP contribution is 2.16. The van der Waals surface area contributed by atoms with Crippen molar-refractivity contribution in [2.45, 2.75) is 257 Å². The fourth-order valence-electron chi connectivity index (χ4n) is 7.11. The number of nitrogens with one attached hydrogen (secondary N) is 1. The maximum Gasteiger partial charge on any atom is 0.267 e. The smallest absolute Gasteiger partial charge is 0.267 e. The number of rotatable bonds is 41. The van der Waals surface area contributed by atoms with Crippen molar-refractivity contribution in [3.8, 4) is 0 Å². The Bertz CT molecular complexity index is 895. The van der Waals surface area contributed by atoms with Gasteiger partial charge in [0, 0.05) is 0 Å². The third-order valence-corrected chi connectivity index (χ3v) is 11.4. The fraction of sp³-hybridized carbons (Fsp3) is 0.932. The number of carbonyl (C=O) groups is 1. The number of unbranched alkanes of at least 4 members (excludes halogenated alkanes) is 32. The molecule has 52 heavy (non-hydrogen) atoms. The predicted octanol–water partition coefficient (Wildman–Crippen LogP) is 12.3. The van der Waals surface area contributed by atoms with E-state index in [1.807, 2.05) is 0 Å². The lowest BCUT2D eigenvalue weighted by Gasteiger charge is -2.22. The summed E-state index contributed by atoms with van der Waals surface area (Å²) in [6.07, 6.45) is 44.2. The standard InChI is InChI=1S/C44H87NO6S/c1-3-5-7-9-11-13-15-17-18-19-20-21-22-23-24-25-27-29-31-33-35-37-39-43(47)44(48)45-41(40-52(49,50)51)42(46)38-36-34-32-30-28-26-16-14-12-10-8-6-4-2/h36,38,41-43,46-47H,3-35,37,39-40H2,1-2H3,(H,45,48)(H,49,50,51)/b38-36+. The molecule has 0 bridgehead atoms. The van der Waals surface area contributed by atoms with Crippen molar-refractivity contribution in [1.29, 1.82) is 0 Å². The number of allylic oxidation sites excluding steroid dienone is 1. The van der Waals surface area contributed by atoms with Gasteiger partial charge in [-0.1, -0.05) is 231 Å². The molecule has 0 radical (unpaired) electrons. The summed E-state index contributed by atoms with van der Waals surface area (Å²) in [7, 11) is -4.44. The maximum absolute atomic E-state index is 12.6. The first-order chi connectivity index (χ1) is 25.2. The van der Waals surface area contributed by atoms with Gasteiger partial charge >= 0.3 is 0 Å². The van der Waals surface area contributed by atoms with Crippen LogP contribution in [0.2, 0.25) is 0 Å². The minimum absolute atomic E-state index is 0.286. The van der Waals surface area contributed by atoms with Crippen LogP contribution < -0.4 is 5.32 Å². The molecule has 0 aromatic carbocycles. The SMILES string of the molecule is CCCCCCCCCCCCC/C=C/C(O)C(CS(=O)(=O)O)NC(=O)C(O)CCCCCCCCCCCCCCCCCCCCCCCC. The van der Waals surface area contributed by atoms with Gasteiger partial charge in [0.1, 0.15) is 6.10 Å². The van der Waals surface area contributed by atoms with Crippen molar-refractivity contribution in [1.82, 2.24) is 5.32 Å². The number of carbonyl (C=O) groups excluding carboxylic acids is 1. The summed E-state index contributed by atoms with van der Waals surface area (Å²) in [4.78, 5) is 12.6. The van der Waals surface area contributed by atoms with Crippen molar-refractivity contribution in [2.75, 3.05) is 5.75 Å². The van der Waals surface area contributed by atoms with E-state index in [0.29, 0.717) is 6.42 Å². The number of aliphatic hydroxyl groups is 2. The van der Waals surface area contributed by atoms with E-state index in [-0.39, 0.29) is 6.42 Å². The van der Waals surface area contributed by atoms with Gasteiger partial charge in [0.2, 0.25) is 5.91 Å². The molecule has 0 heterocycles. The molecule has 0 spiro atoms. The monoisotopic (exact) mass is 758 g/mol. The van der Waals surface area contributed by atoms with Gasteiger partial charge in [-0.05, 0) is 19.3 Å². The topological polar surface area (TPSA) is 124 Å². The average molecular weight is 758 g/mol. The largest absolute Gasteiger partial charge is 0.387 e. The number of hydrogen-bond donors (Lipinski definition) is 4. The van der Waals surface area contributed by atoms with Crippen LogP contribution in [0, 0.1) is 0 Å². The lowest BCUT2D eigenvalue weighted by atomic mass is 10.0. The van der Waals surface area contributed by atoms with Gasteiger partial charge in [-0.3, -0.25) is 9.35 Å². The van der Waals surface area contributed by atoms with Crippen molar-refractivity contribution < 1.29 is 28.0 Å². The molecular weight excluding hydrogens is 671 g/mol. The Morgan fingerprint density at radius 3 is 1.15 bits per heavy atom. The molecule has 0 aliphatic heterocycles. The van der Waals surface area contributed by atoms with E-state index in [0.717, 1.165) is 38.5 Å². The molecule has 0 fully saturated rings. The summed E-state index contributed by atoms with van der Waals surface area (Å²) >= 11 is 0. The molecule has 4 N–H and O–H groups in total. The van der Waals surface area contributed by atoms with Crippen LogP contribution in [0.1, 0.15) is 239 Å². The van der Waals surface area contributed by atoms with Crippen LogP contribution in [-0.2, 0) is 14.9 Å². The van der Waals surface area contributed by atoms with Crippen molar-refractivity contribution in [3.63, 3.8) is 0 Å². The second-order valence-corrected chi connectivity index (χ2v) is 17.3. The predicted molar refractivity (Wildman–Crippen MR) is 222 cm³/mol. The highest BCUT2D eigenvalue weighted by atomic mass is 32.2. The van der Waals surface area contributed by atoms with Gasteiger partial charge in [0.25, 0.3) is 10.1 Å². The van der Waals surface area contributed by atoms with Gasteiger partial charge in [0.05, 0.1) is 17.9 Å². The molecule has 0 aliphatic rings. The lowest BCUT2D eigenvalue weighted by molar-refractivity contribution is -0.130. The van der Waals surface area contributed by atoms with Crippen LogP contribution in [0.5, 0.6) is 0 Å². The first-order valence-electron chi connectivity index (χ1n) is 22.5. The van der Waals surface area contributed by atoms with Crippen LogP contribution in [0.4, 0.5) is 0 Å². The Morgan fingerprint density at radius 2 is 0.827 bits per heavy atom. The summed E-state index contributed by atoms with van der Waals surface area (Å²) < 4.78 is 32.5. The summed E-state index contributed by atoms with van der Waals surface area (Å²) in [5.41, 5.74) is 0. The number of amides is 1. The van der Waals surface area contributed by atoms with Crippen LogP contribution in [0.25, 0.3) is 0 Å². The molecule has 3 unspecified atom stereocenters. The Balaban J connectivity index is 3.88.